The Labute approximate surface area is 135 Å². The summed E-state index contributed by atoms with van der Waals surface area (Å²) < 4.78 is 6.62. The van der Waals surface area contributed by atoms with E-state index in [1.165, 1.54) is 0 Å². The molecule has 1 aliphatic heterocycles. The van der Waals surface area contributed by atoms with E-state index >= 15 is 0 Å². The van der Waals surface area contributed by atoms with E-state index in [-0.39, 0.29) is 12.5 Å². The number of hydrogen-bond acceptors (Lipinski definition) is 3. The fourth-order valence-corrected chi connectivity index (χ4v) is 2.89. The monoisotopic (exact) mass is 354 g/mol. The van der Waals surface area contributed by atoms with Crippen LogP contribution >= 0.6 is 15.9 Å². The van der Waals surface area contributed by atoms with Crippen LogP contribution in [0.5, 0.6) is 5.75 Å². The van der Waals surface area contributed by atoms with Crippen molar-refractivity contribution in [3.05, 3.63) is 28.7 Å². The summed E-state index contributed by atoms with van der Waals surface area (Å²) in [6.45, 7) is 5.02. The second kappa shape index (κ2) is 8.39. The molecule has 1 saturated heterocycles. The minimum absolute atomic E-state index is 0.0895. The van der Waals surface area contributed by atoms with Crippen molar-refractivity contribution in [2.75, 3.05) is 26.2 Å². The maximum absolute atomic E-state index is 12.4. The maximum atomic E-state index is 12.4. The van der Waals surface area contributed by atoms with Gasteiger partial charge in [0, 0.05) is 17.1 Å². The Morgan fingerprint density at radius 3 is 2.62 bits per heavy atom. The first kappa shape index (κ1) is 16.3. The Balaban J connectivity index is 1.89. The summed E-state index contributed by atoms with van der Waals surface area (Å²) in [4.78, 5) is 14.4. The van der Waals surface area contributed by atoms with E-state index in [2.05, 4.69) is 28.2 Å². The Morgan fingerprint density at radius 2 is 2.00 bits per heavy atom. The molecule has 0 bridgehead atoms. The van der Waals surface area contributed by atoms with Gasteiger partial charge in [0.1, 0.15) is 5.75 Å². The molecule has 1 aliphatic rings. The van der Waals surface area contributed by atoms with E-state index in [0.29, 0.717) is 6.04 Å². The number of carbonyl (C=O) groups is 1. The highest BCUT2D eigenvalue weighted by Crippen LogP contribution is 2.17. The lowest BCUT2D eigenvalue weighted by Crippen LogP contribution is -2.48. The second-order valence-electron chi connectivity index (χ2n) is 5.31. The molecule has 0 spiro atoms. The Hall–Kier alpha value is -1.07. The standard InChI is InChI=1S/C16H23BrN2O2/c1-2-11-19(14-7-9-18-10-8-14)16(20)12-21-15-5-3-13(17)4-6-15/h3-6,14,18H,2,7-12H2,1H3. The third kappa shape index (κ3) is 5.00. The number of nitrogens with zero attached hydrogens (tertiary/aromatic N) is 1. The average molecular weight is 355 g/mol. The first-order chi connectivity index (χ1) is 10.2. The van der Waals surface area contributed by atoms with Crippen LogP contribution in [0.2, 0.25) is 0 Å². The van der Waals surface area contributed by atoms with E-state index < -0.39 is 0 Å². The van der Waals surface area contributed by atoms with Crippen LogP contribution in [0, 0.1) is 0 Å². The van der Waals surface area contributed by atoms with Crippen LogP contribution in [-0.2, 0) is 4.79 Å². The summed E-state index contributed by atoms with van der Waals surface area (Å²) in [5.41, 5.74) is 0. The van der Waals surface area contributed by atoms with Crippen molar-refractivity contribution in [2.45, 2.75) is 32.2 Å². The Bertz CT molecular complexity index is 444. The third-order valence-electron chi connectivity index (χ3n) is 3.71. The van der Waals surface area contributed by atoms with Crippen molar-refractivity contribution < 1.29 is 9.53 Å². The maximum Gasteiger partial charge on any atom is 0.260 e. The number of benzene rings is 1. The molecule has 1 N–H and O–H groups in total. The normalized spacial score (nSPS) is 15.7. The van der Waals surface area contributed by atoms with Crippen molar-refractivity contribution in [1.82, 2.24) is 10.2 Å². The Morgan fingerprint density at radius 1 is 1.33 bits per heavy atom. The van der Waals surface area contributed by atoms with Crippen molar-refractivity contribution in [2.24, 2.45) is 0 Å². The van der Waals surface area contributed by atoms with Crippen LogP contribution in [0.25, 0.3) is 0 Å². The zero-order chi connectivity index (χ0) is 15.1. The average Bonchev–Trinajstić information content (AvgIpc) is 2.52. The molecule has 4 nitrogen and oxygen atoms in total. The first-order valence-corrected chi connectivity index (χ1v) is 8.38. The van der Waals surface area contributed by atoms with Gasteiger partial charge in [-0.2, -0.15) is 0 Å². The number of halogens is 1. The number of amides is 1. The van der Waals surface area contributed by atoms with Crippen LogP contribution in [-0.4, -0.2) is 43.1 Å². The van der Waals surface area contributed by atoms with Crippen molar-refractivity contribution in [1.29, 1.82) is 0 Å². The van der Waals surface area contributed by atoms with E-state index in [0.717, 1.165) is 49.1 Å². The molecule has 1 aromatic rings. The molecule has 0 aliphatic carbocycles. The molecule has 0 aromatic heterocycles. The van der Waals surface area contributed by atoms with E-state index in [9.17, 15) is 4.79 Å². The minimum atomic E-state index is 0.0895. The molecule has 116 valence electrons. The van der Waals surface area contributed by atoms with Gasteiger partial charge in [0.25, 0.3) is 5.91 Å². The smallest absolute Gasteiger partial charge is 0.260 e. The van der Waals surface area contributed by atoms with Gasteiger partial charge in [-0.1, -0.05) is 22.9 Å². The van der Waals surface area contributed by atoms with Gasteiger partial charge in [-0.15, -0.1) is 0 Å². The molecule has 1 aromatic carbocycles. The molecule has 1 heterocycles. The summed E-state index contributed by atoms with van der Waals surface area (Å²) in [5.74, 6) is 0.819. The molecule has 1 amide bonds. The zero-order valence-corrected chi connectivity index (χ0v) is 14.1. The topological polar surface area (TPSA) is 41.6 Å². The summed E-state index contributed by atoms with van der Waals surface area (Å²) in [6, 6.07) is 7.91. The van der Waals surface area contributed by atoms with Crippen LogP contribution in [0.1, 0.15) is 26.2 Å². The van der Waals surface area contributed by atoms with Crippen LogP contribution in [0.3, 0.4) is 0 Å². The molecule has 21 heavy (non-hydrogen) atoms. The van der Waals surface area contributed by atoms with E-state index in [1.54, 1.807) is 0 Å². The van der Waals surface area contributed by atoms with E-state index in [4.69, 9.17) is 4.74 Å². The van der Waals surface area contributed by atoms with Crippen molar-refractivity contribution >= 4 is 21.8 Å². The van der Waals surface area contributed by atoms with Gasteiger partial charge in [-0.3, -0.25) is 4.79 Å². The van der Waals surface area contributed by atoms with Gasteiger partial charge in [-0.05, 0) is 56.6 Å². The van der Waals surface area contributed by atoms with Gasteiger partial charge >= 0.3 is 0 Å². The molecule has 0 atom stereocenters. The molecule has 0 radical (unpaired) electrons. The third-order valence-corrected chi connectivity index (χ3v) is 4.24. The Kier molecular flexibility index (Phi) is 6.51. The number of ether oxygens (including phenoxy) is 1. The SMILES string of the molecule is CCCN(C(=O)COc1ccc(Br)cc1)C1CCNCC1. The number of hydrogen-bond donors (Lipinski definition) is 1. The number of carbonyl (C=O) groups excluding carboxylic acids is 1. The predicted molar refractivity (Wildman–Crippen MR) is 87.5 cm³/mol. The highest BCUT2D eigenvalue weighted by atomic mass is 79.9. The summed E-state index contributed by atoms with van der Waals surface area (Å²) >= 11 is 3.38. The predicted octanol–water partition coefficient (Wildman–Crippen LogP) is 2.82. The quantitative estimate of drug-likeness (QED) is 0.853. The lowest BCUT2D eigenvalue weighted by atomic mass is 10.0. The van der Waals surface area contributed by atoms with E-state index in [1.807, 2.05) is 29.2 Å². The summed E-state index contributed by atoms with van der Waals surface area (Å²) in [5, 5.41) is 3.34. The fourth-order valence-electron chi connectivity index (χ4n) is 2.63. The number of rotatable bonds is 6. The van der Waals surface area contributed by atoms with Gasteiger partial charge in [0.2, 0.25) is 0 Å². The van der Waals surface area contributed by atoms with Gasteiger partial charge < -0.3 is 15.0 Å². The number of nitrogens with one attached hydrogen (secondary N) is 1. The van der Waals surface area contributed by atoms with Gasteiger partial charge in [0.05, 0.1) is 0 Å². The molecular weight excluding hydrogens is 332 g/mol. The van der Waals surface area contributed by atoms with Crippen molar-refractivity contribution in [3.8, 4) is 5.75 Å². The zero-order valence-electron chi connectivity index (χ0n) is 12.5. The highest BCUT2D eigenvalue weighted by molar-refractivity contribution is 9.10. The second-order valence-corrected chi connectivity index (χ2v) is 6.23. The van der Waals surface area contributed by atoms with Gasteiger partial charge in [-0.25, -0.2) is 0 Å². The van der Waals surface area contributed by atoms with Crippen molar-refractivity contribution in [3.63, 3.8) is 0 Å². The molecule has 5 heteroatoms. The lowest BCUT2D eigenvalue weighted by Gasteiger charge is -2.34. The lowest BCUT2D eigenvalue weighted by molar-refractivity contribution is -0.136. The largest absolute Gasteiger partial charge is 0.484 e. The molecule has 0 saturated carbocycles. The highest BCUT2D eigenvalue weighted by Gasteiger charge is 2.24. The minimum Gasteiger partial charge on any atom is -0.484 e. The van der Waals surface area contributed by atoms with Crippen LogP contribution in [0.15, 0.2) is 28.7 Å². The summed E-state index contributed by atoms with van der Waals surface area (Å²) in [6.07, 6.45) is 3.04. The summed E-state index contributed by atoms with van der Waals surface area (Å²) in [7, 11) is 0. The molecule has 0 unspecified atom stereocenters. The molecule has 1 fully saturated rings. The molecular formula is C16H23BrN2O2. The first-order valence-electron chi connectivity index (χ1n) is 7.59. The fraction of sp³-hybridized carbons (Fsp3) is 0.562. The molecule has 2 rings (SSSR count). The van der Waals surface area contributed by atoms with Crippen LogP contribution in [0.4, 0.5) is 0 Å². The van der Waals surface area contributed by atoms with Crippen LogP contribution < -0.4 is 10.1 Å². The van der Waals surface area contributed by atoms with Gasteiger partial charge in [0.15, 0.2) is 6.61 Å². The number of piperidine rings is 1.